The first kappa shape index (κ1) is 24.9. The zero-order valence-electron chi connectivity index (χ0n) is 24.4. The Bertz CT molecular complexity index is 2260. The molecule has 0 unspecified atom stereocenters. The molecule has 0 atom stereocenters. The lowest BCUT2D eigenvalue weighted by molar-refractivity contribution is 0.436. The normalized spacial score (nSPS) is 13.6. The van der Waals surface area contributed by atoms with Gasteiger partial charge in [0, 0.05) is 39.0 Å². The van der Waals surface area contributed by atoms with Gasteiger partial charge >= 0.3 is 0 Å². The zero-order valence-corrected chi connectivity index (χ0v) is 24.4. The van der Waals surface area contributed by atoms with Crippen molar-refractivity contribution in [2.75, 3.05) is 0 Å². The van der Waals surface area contributed by atoms with Crippen LogP contribution in [0.5, 0.6) is 11.5 Å². The van der Waals surface area contributed by atoms with Crippen molar-refractivity contribution >= 4 is 10.9 Å². The van der Waals surface area contributed by atoms with Gasteiger partial charge in [0.2, 0.25) is 0 Å². The van der Waals surface area contributed by atoms with Crippen molar-refractivity contribution in [3.05, 3.63) is 161 Å². The van der Waals surface area contributed by atoms with Gasteiger partial charge in [-0.25, -0.2) is 9.97 Å². The first-order chi connectivity index (χ1) is 21.6. The minimum absolute atomic E-state index is 0.531. The molecule has 4 nitrogen and oxygen atoms in total. The monoisotopic (exact) mass is 565 g/mol. The summed E-state index contributed by atoms with van der Waals surface area (Å²) in [5.41, 5.74) is 12.4. The molecule has 2 aliphatic rings. The first-order valence-corrected chi connectivity index (χ1v) is 15.0. The third-order valence-corrected chi connectivity index (χ3v) is 9.20. The molecule has 7 aromatic rings. The number of hydrogen-bond donors (Lipinski definition) is 0. The van der Waals surface area contributed by atoms with E-state index in [0.717, 1.165) is 61.7 Å². The summed E-state index contributed by atoms with van der Waals surface area (Å²) in [5.74, 6) is 2.46. The highest BCUT2D eigenvalue weighted by Gasteiger charge is 2.51. The molecule has 0 amide bonds. The molecular weight excluding hydrogens is 538 g/mol. The predicted molar refractivity (Wildman–Crippen MR) is 175 cm³/mol. The molecule has 4 heteroatoms. The molecule has 3 heterocycles. The summed E-state index contributed by atoms with van der Waals surface area (Å²) in [6, 6.07) is 44.9. The Hall–Kier alpha value is -5.61. The molecule has 5 aromatic carbocycles. The van der Waals surface area contributed by atoms with E-state index in [1.54, 1.807) is 0 Å². The highest BCUT2D eigenvalue weighted by Crippen LogP contribution is 2.63. The van der Waals surface area contributed by atoms with E-state index in [1.165, 1.54) is 22.3 Å². The van der Waals surface area contributed by atoms with Gasteiger partial charge in [-0.2, -0.15) is 0 Å². The number of para-hydroxylation sites is 3. The van der Waals surface area contributed by atoms with Gasteiger partial charge in [-0.05, 0) is 66.4 Å². The molecule has 1 spiro atoms. The van der Waals surface area contributed by atoms with Crippen LogP contribution in [0.15, 0.2) is 127 Å². The average molecular weight is 566 g/mol. The largest absolute Gasteiger partial charge is 0.457 e. The van der Waals surface area contributed by atoms with Crippen molar-refractivity contribution in [3.63, 3.8) is 0 Å². The van der Waals surface area contributed by atoms with Gasteiger partial charge in [0.15, 0.2) is 5.82 Å². The summed E-state index contributed by atoms with van der Waals surface area (Å²) >= 11 is 0. The lowest BCUT2D eigenvalue weighted by atomic mass is 9.66. The maximum atomic E-state index is 6.52. The standard InChI is InChI=1S/C40H27N3O/c1-24-22-23-26(25(2)41-24)39-42-34-19-8-4-13-28(34)38(43-39)29-14-11-18-33-37(29)27-12-3-5-15-30(27)40(33)31-16-6-9-20-35(31)44-36-21-10-7-17-32(36)40/h3-23H,1-2H3. The van der Waals surface area contributed by atoms with Gasteiger partial charge < -0.3 is 4.74 Å². The molecule has 0 fully saturated rings. The SMILES string of the molecule is Cc1ccc(-c2nc(-c3cccc4c3-c3ccccc3C43c4ccccc4Oc4ccccc43)c3ccccc3n2)c(C)n1. The number of hydrogen-bond acceptors (Lipinski definition) is 4. The van der Waals surface area contributed by atoms with Crippen molar-refractivity contribution in [2.45, 2.75) is 19.3 Å². The number of benzene rings is 5. The summed E-state index contributed by atoms with van der Waals surface area (Å²) in [6.07, 6.45) is 0. The Morgan fingerprint density at radius 1 is 0.500 bits per heavy atom. The molecule has 0 saturated heterocycles. The molecule has 0 saturated carbocycles. The van der Waals surface area contributed by atoms with E-state index in [9.17, 15) is 0 Å². The van der Waals surface area contributed by atoms with E-state index in [0.29, 0.717) is 5.82 Å². The second-order valence-corrected chi connectivity index (χ2v) is 11.6. The topological polar surface area (TPSA) is 47.9 Å². The van der Waals surface area contributed by atoms with Crippen LogP contribution in [0.4, 0.5) is 0 Å². The molecular formula is C40H27N3O. The quantitative estimate of drug-likeness (QED) is 0.209. The summed E-state index contributed by atoms with van der Waals surface area (Å²) in [6.45, 7) is 4.04. The number of rotatable bonds is 2. The van der Waals surface area contributed by atoms with E-state index in [-0.39, 0.29) is 0 Å². The predicted octanol–water partition coefficient (Wildman–Crippen LogP) is 9.44. The van der Waals surface area contributed by atoms with Crippen LogP contribution in [-0.4, -0.2) is 15.0 Å². The molecule has 208 valence electrons. The van der Waals surface area contributed by atoms with Crippen LogP contribution in [-0.2, 0) is 5.41 Å². The molecule has 2 aromatic heterocycles. The van der Waals surface area contributed by atoms with Crippen molar-refractivity contribution in [1.82, 2.24) is 15.0 Å². The van der Waals surface area contributed by atoms with Crippen molar-refractivity contribution in [2.24, 2.45) is 0 Å². The Kier molecular flexibility index (Phi) is 5.21. The fourth-order valence-corrected chi connectivity index (χ4v) is 7.43. The van der Waals surface area contributed by atoms with Crippen LogP contribution in [0.2, 0.25) is 0 Å². The number of nitrogens with zero attached hydrogens (tertiary/aromatic N) is 3. The number of aryl methyl sites for hydroxylation is 2. The van der Waals surface area contributed by atoms with E-state index < -0.39 is 5.41 Å². The van der Waals surface area contributed by atoms with Gasteiger partial charge in [0.1, 0.15) is 11.5 Å². The number of aromatic nitrogens is 3. The summed E-state index contributed by atoms with van der Waals surface area (Å²) in [5, 5.41) is 1.02. The highest BCUT2D eigenvalue weighted by molar-refractivity contribution is 6.02. The fraction of sp³-hybridized carbons (Fsp3) is 0.0750. The fourth-order valence-electron chi connectivity index (χ4n) is 7.43. The number of fused-ring (bicyclic) bond motifs is 10. The van der Waals surface area contributed by atoms with Crippen molar-refractivity contribution in [3.8, 4) is 45.3 Å². The third kappa shape index (κ3) is 3.31. The first-order valence-electron chi connectivity index (χ1n) is 15.0. The highest BCUT2D eigenvalue weighted by atomic mass is 16.5. The van der Waals surface area contributed by atoms with Crippen molar-refractivity contribution < 1.29 is 4.74 Å². The molecule has 0 radical (unpaired) electrons. The van der Waals surface area contributed by atoms with Crippen LogP contribution in [0.1, 0.15) is 33.6 Å². The minimum atomic E-state index is -0.531. The van der Waals surface area contributed by atoms with Crippen LogP contribution in [0.25, 0.3) is 44.7 Å². The maximum Gasteiger partial charge on any atom is 0.162 e. The second kappa shape index (κ2) is 9.19. The smallest absolute Gasteiger partial charge is 0.162 e. The molecule has 0 bridgehead atoms. The Labute approximate surface area is 255 Å². The van der Waals surface area contributed by atoms with Gasteiger partial charge in [0.25, 0.3) is 0 Å². The lowest BCUT2D eigenvalue weighted by Crippen LogP contribution is -2.32. The van der Waals surface area contributed by atoms with E-state index >= 15 is 0 Å². The van der Waals surface area contributed by atoms with Crippen LogP contribution in [0, 0.1) is 13.8 Å². The summed E-state index contributed by atoms with van der Waals surface area (Å²) in [4.78, 5) is 15.1. The van der Waals surface area contributed by atoms with Crippen LogP contribution < -0.4 is 4.74 Å². The number of pyridine rings is 1. The zero-order chi connectivity index (χ0) is 29.4. The van der Waals surface area contributed by atoms with Crippen LogP contribution >= 0.6 is 0 Å². The minimum Gasteiger partial charge on any atom is -0.457 e. The summed E-state index contributed by atoms with van der Waals surface area (Å²) in [7, 11) is 0. The van der Waals surface area contributed by atoms with Gasteiger partial charge in [-0.3, -0.25) is 4.98 Å². The molecule has 1 aliphatic heterocycles. The Morgan fingerprint density at radius 3 is 1.91 bits per heavy atom. The summed E-state index contributed by atoms with van der Waals surface area (Å²) < 4.78 is 6.52. The molecule has 44 heavy (non-hydrogen) atoms. The van der Waals surface area contributed by atoms with E-state index in [1.807, 2.05) is 26.0 Å². The van der Waals surface area contributed by atoms with Crippen molar-refractivity contribution in [1.29, 1.82) is 0 Å². The number of ether oxygens (including phenoxy) is 1. The molecule has 0 N–H and O–H groups in total. The maximum absolute atomic E-state index is 6.52. The molecule has 9 rings (SSSR count). The average Bonchev–Trinajstić information content (AvgIpc) is 3.35. The van der Waals surface area contributed by atoms with E-state index in [2.05, 4.69) is 115 Å². The molecule has 1 aliphatic carbocycles. The van der Waals surface area contributed by atoms with Crippen LogP contribution in [0.3, 0.4) is 0 Å². The van der Waals surface area contributed by atoms with Gasteiger partial charge in [-0.1, -0.05) is 97.1 Å². The van der Waals surface area contributed by atoms with Gasteiger partial charge in [-0.15, -0.1) is 0 Å². The third-order valence-electron chi connectivity index (χ3n) is 9.20. The lowest BCUT2D eigenvalue weighted by Gasteiger charge is -2.39. The van der Waals surface area contributed by atoms with Gasteiger partial charge in [0.05, 0.1) is 16.6 Å². The Balaban J connectivity index is 1.40. The van der Waals surface area contributed by atoms with E-state index in [4.69, 9.17) is 19.7 Å². The second-order valence-electron chi connectivity index (χ2n) is 11.6. The Morgan fingerprint density at radius 2 is 1.14 bits per heavy atom.